The van der Waals surface area contributed by atoms with Crippen molar-refractivity contribution in [1.82, 2.24) is 4.90 Å². The minimum Gasteiger partial charge on any atom is -0.481 e. The van der Waals surface area contributed by atoms with E-state index in [4.69, 9.17) is 9.84 Å². The van der Waals surface area contributed by atoms with Gasteiger partial charge in [0.1, 0.15) is 5.75 Å². The summed E-state index contributed by atoms with van der Waals surface area (Å²) in [5.74, 6) is 0.577. The predicted octanol–water partition coefficient (Wildman–Crippen LogP) is 1.60. The normalized spacial score (nSPS) is 12.0. The highest BCUT2D eigenvalue weighted by molar-refractivity contribution is 5.80. The Morgan fingerprint density at radius 1 is 1.39 bits per heavy atom. The van der Waals surface area contributed by atoms with Gasteiger partial charge in [-0.15, -0.1) is 0 Å². The molecular formula is C14H21NO3. The van der Waals surface area contributed by atoms with E-state index in [0.29, 0.717) is 18.8 Å². The average molecular weight is 251 g/mol. The van der Waals surface area contributed by atoms with Gasteiger partial charge in [-0.25, -0.2) is 0 Å². The van der Waals surface area contributed by atoms with Crippen molar-refractivity contribution in [3.63, 3.8) is 0 Å². The Morgan fingerprint density at radius 3 is 2.50 bits per heavy atom. The van der Waals surface area contributed by atoms with Crippen LogP contribution in [0.1, 0.15) is 19.4 Å². The van der Waals surface area contributed by atoms with Crippen molar-refractivity contribution in [2.45, 2.75) is 26.9 Å². The van der Waals surface area contributed by atoms with Crippen LogP contribution in [-0.2, 0) is 4.79 Å². The summed E-state index contributed by atoms with van der Waals surface area (Å²) in [6.07, 6.45) is -0.542. The molecule has 1 atom stereocenters. The fourth-order valence-corrected chi connectivity index (χ4v) is 1.67. The third-order valence-electron chi connectivity index (χ3n) is 2.74. The molecule has 1 aromatic rings. The Balaban J connectivity index is 2.61. The highest BCUT2D eigenvalue weighted by Gasteiger charge is 2.20. The van der Waals surface area contributed by atoms with Gasteiger partial charge in [0, 0.05) is 13.1 Å². The number of aliphatic hydroxyl groups is 1. The molecule has 0 aliphatic heterocycles. The number of aryl methyl sites for hydroxylation is 1. The van der Waals surface area contributed by atoms with Crippen LogP contribution in [0.15, 0.2) is 24.3 Å². The zero-order valence-electron chi connectivity index (χ0n) is 11.2. The molecule has 0 saturated heterocycles. The Bertz CT molecular complexity index is 375. The van der Waals surface area contributed by atoms with Crippen LogP contribution in [0, 0.1) is 6.92 Å². The highest BCUT2D eigenvalue weighted by Crippen LogP contribution is 2.14. The first-order valence-electron chi connectivity index (χ1n) is 6.21. The van der Waals surface area contributed by atoms with Gasteiger partial charge >= 0.3 is 0 Å². The molecule has 0 spiro atoms. The molecule has 1 aromatic carbocycles. The van der Waals surface area contributed by atoms with Gasteiger partial charge in [-0.1, -0.05) is 17.7 Å². The Morgan fingerprint density at radius 2 is 2.00 bits per heavy atom. The van der Waals surface area contributed by atoms with Crippen LogP contribution in [-0.4, -0.2) is 41.7 Å². The number of hydrogen-bond acceptors (Lipinski definition) is 3. The van der Waals surface area contributed by atoms with E-state index in [9.17, 15) is 4.79 Å². The van der Waals surface area contributed by atoms with Gasteiger partial charge in [-0.3, -0.25) is 4.79 Å². The molecule has 100 valence electrons. The van der Waals surface area contributed by atoms with Crippen molar-refractivity contribution in [2.24, 2.45) is 0 Å². The van der Waals surface area contributed by atoms with Gasteiger partial charge < -0.3 is 14.7 Å². The van der Waals surface area contributed by atoms with Crippen molar-refractivity contribution < 1.29 is 14.6 Å². The summed E-state index contributed by atoms with van der Waals surface area (Å²) in [6, 6.07) is 7.58. The molecule has 18 heavy (non-hydrogen) atoms. The van der Waals surface area contributed by atoms with E-state index in [2.05, 4.69) is 0 Å². The number of amides is 1. The van der Waals surface area contributed by atoms with E-state index in [1.807, 2.05) is 38.1 Å². The predicted molar refractivity (Wildman–Crippen MR) is 70.6 cm³/mol. The van der Waals surface area contributed by atoms with Crippen LogP contribution in [0.3, 0.4) is 0 Å². The van der Waals surface area contributed by atoms with Crippen molar-refractivity contribution in [1.29, 1.82) is 0 Å². The summed E-state index contributed by atoms with van der Waals surface area (Å²) in [5, 5.41) is 8.88. The van der Waals surface area contributed by atoms with Crippen LogP contribution in [0.5, 0.6) is 5.75 Å². The van der Waals surface area contributed by atoms with Crippen molar-refractivity contribution in [2.75, 3.05) is 19.7 Å². The minimum absolute atomic E-state index is 0.0309. The van der Waals surface area contributed by atoms with Crippen molar-refractivity contribution in [3.05, 3.63) is 29.8 Å². The second-order valence-electron chi connectivity index (χ2n) is 4.21. The smallest absolute Gasteiger partial charge is 0.263 e. The number of rotatable bonds is 6. The summed E-state index contributed by atoms with van der Waals surface area (Å²) >= 11 is 0. The largest absolute Gasteiger partial charge is 0.481 e. The Labute approximate surface area is 108 Å². The first-order chi connectivity index (χ1) is 8.58. The van der Waals surface area contributed by atoms with E-state index >= 15 is 0 Å². The molecule has 0 aliphatic rings. The number of hydrogen-bond donors (Lipinski definition) is 1. The molecule has 1 rings (SSSR count). The van der Waals surface area contributed by atoms with Crippen LogP contribution in [0.25, 0.3) is 0 Å². The summed E-state index contributed by atoms with van der Waals surface area (Å²) < 4.78 is 5.59. The molecule has 1 unspecified atom stereocenters. The maximum absolute atomic E-state index is 12.0. The molecule has 0 heterocycles. The molecule has 4 heteroatoms. The number of carbonyl (C=O) groups is 1. The van der Waals surface area contributed by atoms with Crippen LogP contribution in [0.4, 0.5) is 0 Å². The zero-order chi connectivity index (χ0) is 13.5. The van der Waals surface area contributed by atoms with Gasteiger partial charge in [0.05, 0.1) is 6.61 Å². The van der Waals surface area contributed by atoms with E-state index in [-0.39, 0.29) is 12.5 Å². The van der Waals surface area contributed by atoms with Crippen LogP contribution < -0.4 is 4.74 Å². The van der Waals surface area contributed by atoms with Gasteiger partial charge in [0.15, 0.2) is 6.10 Å². The van der Waals surface area contributed by atoms with Gasteiger partial charge in [-0.2, -0.15) is 0 Å². The molecule has 1 N–H and O–H groups in total. The first-order valence-corrected chi connectivity index (χ1v) is 6.21. The maximum atomic E-state index is 12.0. The number of aliphatic hydroxyl groups excluding tert-OH is 1. The SMILES string of the molecule is CCN(CCO)C(=O)C(C)Oc1ccc(C)cc1. The van der Waals surface area contributed by atoms with E-state index < -0.39 is 6.10 Å². The molecule has 0 bridgehead atoms. The molecule has 0 saturated carbocycles. The molecule has 0 aromatic heterocycles. The first kappa shape index (κ1) is 14.5. The number of likely N-dealkylation sites (N-methyl/N-ethyl adjacent to an activating group) is 1. The van der Waals surface area contributed by atoms with E-state index in [1.165, 1.54) is 0 Å². The summed E-state index contributed by atoms with van der Waals surface area (Å²) in [4.78, 5) is 13.6. The minimum atomic E-state index is -0.542. The fraction of sp³-hybridized carbons (Fsp3) is 0.500. The maximum Gasteiger partial charge on any atom is 0.263 e. The fourth-order valence-electron chi connectivity index (χ4n) is 1.67. The molecule has 0 aliphatic carbocycles. The lowest BCUT2D eigenvalue weighted by molar-refractivity contribution is -0.138. The second-order valence-corrected chi connectivity index (χ2v) is 4.21. The lowest BCUT2D eigenvalue weighted by atomic mass is 10.2. The second kappa shape index (κ2) is 7.01. The number of ether oxygens (including phenoxy) is 1. The average Bonchev–Trinajstić information content (AvgIpc) is 2.37. The lowest BCUT2D eigenvalue weighted by Gasteiger charge is -2.24. The van der Waals surface area contributed by atoms with E-state index in [0.717, 1.165) is 5.56 Å². The third kappa shape index (κ3) is 4.04. The summed E-state index contributed by atoms with van der Waals surface area (Å²) in [6.45, 7) is 6.49. The van der Waals surface area contributed by atoms with Gasteiger partial charge in [0.25, 0.3) is 5.91 Å². The third-order valence-corrected chi connectivity index (χ3v) is 2.74. The molecule has 0 radical (unpaired) electrons. The Kier molecular flexibility index (Phi) is 5.65. The van der Waals surface area contributed by atoms with Crippen molar-refractivity contribution in [3.8, 4) is 5.75 Å². The topological polar surface area (TPSA) is 49.8 Å². The number of nitrogens with zero attached hydrogens (tertiary/aromatic N) is 1. The van der Waals surface area contributed by atoms with E-state index in [1.54, 1.807) is 11.8 Å². The molecular weight excluding hydrogens is 230 g/mol. The lowest BCUT2D eigenvalue weighted by Crippen LogP contribution is -2.41. The molecule has 0 fully saturated rings. The van der Waals surface area contributed by atoms with Crippen LogP contribution in [0.2, 0.25) is 0 Å². The van der Waals surface area contributed by atoms with Crippen molar-refractivity contribution >= 4 is 5.91 Å². The summed E-state index contributed by atoms with van der Waals surface area (Å²) in [5.41, 5.74) is 1.15. The number of carbonyl (C=O) groups excluding carboxylic acids is 1. The zero-order valence-corrected chi connectivity index (χ0v) is 11.2. The number of benzene rings is 1. The monoisotopic (exact) mass is 251 g/mol. The Hall–Kier alpha value is -1.55. The van der Waals surface area contributed by atoms with Crippen LogP contribution >= 0.6 is 0 Å². The standard InChI is InChI=1S/C14H21NO3/c1-4-15(9-10-16)14(17)12(3)18-13-7-5-11(2)6-8-13/h5-8,12,16H,4,9-10H2,1-3H3. The summed E-state index contributed by atoms with van der Waals surface area (Å²) in [7, 11) is 0. The molecule has 1 amide bonds. The highest BCUT2D eigenvalue weighted by atomic mass is 16.5. The molecule has 4 nitrogen and oxygen atoms in total. The van der Waals surface area contributed by atoms with Gasteiger partial charge in [-0.05, 0) is 32.9 Å². The van der Waals surface area contributed by atoms with Gasteiger partial charge in [0.2, 0.25) is 0 Å². The quantitative estimate of drug-likeness (QED) is 0.835.